The number of Topliss-reactive ketones (excluding diaryl/α,β-unsaturated/α-hetero) is 1. The van der Waals surface area contributed by atoms with Crippen molar-refractivity contribution in [2.24, 2.45) is 0 Å². The average molecular weight is 302 g/mol. The molecular formula is C16H12ClNO3. The number of ketones is 1. The Balaban J connectivity index is 1.95. The number of carbonyl (C=O) groups is 2. The van der Waals surface area contributed by atoms with Gasteiger partial charge in [0.25, 0.3) is 5.91 Å². The number of hydrogen-bond donors (Lipinski definition) is 0. The molecule has 0 fully saturated rings. The third-order valence-corrected chi connectivity index (χ3v) is 3.64. The third kappa shape index (κ3) is 2.38. The summed E-state index contributed by atoms with van der Waals surface area (Å²) >= 11 is 5.80. The maximum Gasteiger partial charge on any atom is 0.276 e. The number of anilines is 1. The Labute approximate surface area is 126 Å². The molecule has 0 radical (unpaired) electrons. The van der Waals surface area contributed by atoms with E-state index in [0.717, 1.165) is 0 Å². The van der Waals surface area contributed by atoms with Crippen molar-refractivity contribution < 1.29 is 14.3 Å². The van der Waals surface area contributed by atoms with Crippen LogP contribution >= 0.6 is 11.6 Å². The Morgan fingerprint density at radius 1 is 1.05 bits per heavy atom. The zero-order chi connectivity index (χ0) is 15.0. The maximum atomic E-state index is 12.4. The fourth-order valence-corrected chi connectivity index (χ4v) is 2.40. The number of carbonyl (C=O) groups excluding carboxylic acids is 2. The molecule has 0 N–H and O–H groups in total. The summed E-state index contributed by atoms with van der Waals surface area (Å²) in [5.41, 5.74) is 1.09. The van der Waals surface area contributed by atoms with Crippen LogP contribution in [0.15, 0.2) is 48.5 Å². The second kappa shape index (κ2) is 5.22. The predicted molar refractivity (Wildman–Crippen MR) is 80.1 cm³/mol. The lowest BCUT2D eigenvalue weighted by molar-refractivity contribution is -0.123. The highest BCUT2D eigenvalue weighted by molar-refractivity contribution is 6.30. The van der Waals surface area contributed by atoms with E-state index < -0.39 is 6.10 Å². The van der Waals surface area contributed by atoms with E-state index in [1.807, 2.05) is 0 Å². The lowest BCUT2D eigenvalue weighted by atomic mass is 9.98. The zero-order valence-electron chi connectivity index (χ0n) is 11.2. The molecule has 0 saturated carbocycles. The Morgan fingerprint density at radius 2 is 1.71 bits per heavy atom. The SMILES string of the molecule is CN1C(=O)C(Oc2ccc(Cl)cc2)C(=O)c2ccccc21. The van der Waals surface area contributed by atoms with Crippen LogP contribution in [-0.4, -0.2) is 24.8 Å². The molecule has 0 bridgehead atoms. The summed E-state index contributed by atoms with van der Waals surface area (Å²) in [6.45, 7) is 0. The monoisotopic (exact) mass is 301 g/mol. The van der Waals surface area contributed by atoms with Crippen LogP contribution in [0.1, 0.15) is 10.4 Å². The van der Waals surface area contributed by atoms with Crippen molar-refractivity contribution in [2.45, 2.75) is 6.10 Å². The fraction of sp³-hybridized carbons (Fsp3) is 0.125. The number of nitrogens with zero attached hydrogens (tertiary/aromatic N) is 1. The van der Waals surface area contributed by atoms with Crippen LogP contribution in [0.5, 0.6) is 5.75 Å². The first-order chi connectivity index (χ1) is 10.1. The Bertz CT molecular complexity index is 712. The second-order valence-electron chi connectivity index (χ2n) is 4.73. The van der Waals surface area contributed by atoms with Crippen LogP contribution in [0.2, 0.25) is 5.02 Å². The summed E-state index contributed by atoms with van der Waals surface area (Å²) in [4.78, 5) is 26.2. The van der Waals surface area contributed by atoms with Gasteiger partial charge in [-0.15, -0.1) is 0 Å². The second-order valence-corrected chi connectivity index (χ2v) is 5.17. The van der Waals surface area contributed by atoms with Crippen molar-refractivity contribution in [2.75, 3.05) is 11.9 Å². The van der Waals surface area contributed by atoms with Crippen molar-refractivity contribution in [3.05, 3.63) is 59.1 Å². The summed E-state index contributed by atoms with van der Waals surface area (Å²) in [5, 5.41) is 0.561. The van der Waals surface area contributed by atoms with Gasteiger partial charge in [0.05, 0.1) is 5.69 Å². The predicted octanol–water partition coefficient (Wildman–Crippen LogP) is 2.95. The van der Waals surface area contributed by atoms with Gasteiger partial charge in [-0.1, -0.05) is 23.7 Å². The molecule has 1 heterocycles. The van der Waals surface area contributed by atoms with E-state index >= 15 is 0 Å². The Kier molecular flexibility index (Phi) is 3.39. The van der Waals surface area contributed by atoms with E-state index in [0.29, 0.717) is 22.0 Å². The van der Waals surface area contributed by atoms with E-state index in [9.17, 15) is 9.59 Å². The van der Waals surface area contributed by atoms with Gasteiger partial charge in [-0.25, -0.2) is 0 Å². The highest BCUT2D eigenvalue weighted by Crippen LogP contribution is 2.28. The quantitative estimate of drug-likeness (QED) is 0.801. The molecule has 5 heteroatoms. The van der Waals surface area contributed by atoms with Crippen LogP contribution < -0.4 is 9.64 Å². The average Bonchev–Trinajstić information content (AvgIpc) is 2.51. The largest absolute Gasteiger partial charge is 0.472 e. The first-order valence-electron chi connectivity index (χ1n) is 6.41. The molecule has 1 unspecified atom stereocenters. The Hall–Kier alpha value is -2.33. The summed E-state index contributed by atoms with van der Waals surface area (Å²) in [6, 6.07) is 13.5. The number of rotatable bonds is 2. The first-order valence-corrected chi connectivity index (χ1v) is 6.79. The number of hydrogen-bond acceptors (Lipinski definition) is 3. The number of likely N-dealkylation sites (N-methyl/N-ethyl adjacent to an activating group) is 1. The highest BCUT2D eigenvalue weighted by atomic mass is 35.5. The Morgan fingerprint density at radius 3 is 2.43 bits per heavy atom. The van der Waals surface area contributed by atoms with Crippen LogP contribution in [0.25, 0.3) is 0 Å². The molecule has 21 heavy (non-hydrogen) atoms. The van der Waals surface area contributed by atoms with Crippen LogP contribution in [0.3, 0.4) is 0 Å². The summed E-state index contributed by atoms with van der Waals surface area (Å²) in [6.07, 6.45) is -1.16. The lowest BCUT2D eigenvalue weighted by Gasteiger charge is -2.30. The number of para-hydroxylation sites is 1. The van der Waals surface area contributed by atoms with Crippen molar-refractivity contribution in [1.29, 1.82) is 0 Å². The topological polar surface area (TPSA) is 46.6 Å². The van der Waals surface area contributed by atoms with Crippen molar-refractivity contribution in [3.63, 3.8) is 0 Å². The summed E-state index contributed by atoms with van der Waals surface area (Å²) in [7, 11) is 1.63. The molecule has 0 aliphatic carbocycles. The van der Waals surface area contributed by atoms with E-state index in [1.54, 1.807) is 55.6 Å². The molecule has 1 atom stereocenters. The fourth-order valence-electron chi connectivity index (χ4n) is 2.28. The molecule has 0 spiro atoms. The summed E-state index contributed by atoms with van der Waals surface area (Å²) in [5.74, 6) is -0.281. The minimum Gasteiger partial charge on any atom is -0.472 e. The molecule has 106 valence electrons. The lowest BCUT2D eigenvalue weighted by Crippen LogP contribution is -2.49. The third-order valence-electron chi connectivity index (χ3n) is 3.39. The van der Waals surface area contributed by atoms with Gasteiger partial charge in [0.1, 0.15) is 5.75 Å². The van der Waals surface area contributed by atoms with Crippen molar-refractivity contribution >= 4 is 29.0 Å². The molecule has 1 aliphatic rings. The van der Waals surface area contributed by atoms with Crippen molar-refractivity contribution in [1.82, 2.24) is 0 Å². The van der Waals surface area contributed by atoms with Crippen LogP contribution in [0.4, 0.5) is 5.69 Å². The minimum absolute atomic E-state index is 0.330. The number of amides is 1. The van der Waals surface area contributed by atoms with Crippen LogP contribution in [0, 0.1) is 0 Å². The molecule has 0 saturated heterocycles. The van der Waals surface area contributed by atoms with Gasteiger partial charge in [-0.2, -0.15) is 0 Å². The van der Waals surface area contributed by atoms with E-state index in [-0.39, 0.29) is 11.7 Å². The van der Waals surface area contributed by atoms with Gasteiger partial charge >= 0.3 is 0 Å². The molecule has 1 aliphatic heterocycles. The molecular weight excluding hydrogens is 290 g/mol. The van der Waals surface area contributed by atoms with Crippen molar-refractivity contribution in [3.8, 4) is 5.75 Å². The minimum atomic E-state index is -1.16. The normalized spacial score (nSPS) is 17.6. The van der Waals surface area contributed by atoms with E-state index in [2.05, 4.69) is 0 Å². The van der Waals surface area contributed by atoms with Gasteiger partial charge in [0, 0.05) is 17.6 Å². The maximum absolute atomic E-state index is 12.4. The number of halogens is 1. The standard InChI is InChI=1S/C16H12ClNO3/c1-18-13-5-3-2-4-12(13)14(19)15(16(18)20)21-11-8-6-10(17)7-9-11/h2-9,15H,1H3. The number of benzene rings is 2. The molecule has 3 rings (SSSR count). The zero-order valence-corrected chi connectivity index (χ0v) is 12.0. The smallest absolute Gasteiger partial charge is 0.276 e. The van der Waals surface area contributed by atoms with Gasteiger partial charge in [0.2, 0.25) is 11.9 Å². The van der Waals surface area contributed by atoms with Gasteiger partial charge in [0.15, 0.2) is 0 Å². The van der Waals surface area contributed by atoms with Crippen LogP contribution in [-0.2, 0) is 4.79 Å². The van der Waals surface area contributed by atoms with Gasteiger partial charge < -0.3 is 9.64 Å². The summed E-state index contributed by atoms with van der Waals surface area (Å²) < 4.78 is 5.56. The molecule has 2 aromatic carbocycles. The number of ether oxygens (including phenoxy) is 1. The first kappa shape index (κ1) is 13.6. The molecule has 4 nitrogen and oxygen atoms in total. The van der Waals surface area contributed by atoms with Gasteiger partial charge in [-0.05, 0) is 36.4 Å². The molecule has 1 amide bonds. The number of fused-ring (bicyclic) bond motifs is 1. The molecule has 0 aromatic heterocycles. The highest BCUT2D eigenvalue weighted by Gasteiger charge is 2.39. The van der Waals surface area contributed by atoms with E-state index in [1.165, 1.54) is 4.90 Å². The van der Waals surface area contributed by atoms with E-state index in [4.69, 9.17) is 16.3 Å². The van der Waals surface area contributed by atoms with Gasteiger partial charge in [-0.3, -0.25) is 9.59 Å². The molecule has 2 aromatic rings.